The molecule has 0 saturated heterocycles. The number of aliphatic hydroxyl groups excluding tert-OH is 2. The van der Waals surface area contributed by atoms with Gasteiger partial charge in [-0.3, -0.25) is 0 Å². The van der Waals surface area contributed by atoms with Crippen LogP contribution in [-0.2, 0) is 0 Å². The van der Waals surface area contributed by atoms with Crippen LogP contribution < -0.4 is 5.73 Å². The number of benzene rings is 1. The van der Waals surface area contributed by atoms with Gasteiger partial charge >= 0.3 is 0 Å². The zero-order valence-corrected chi connectivity index (χ0v) is 8.19. The maximum Gasteiger partial charge on any atom is 0.160 e. The lowest BCUT2D eigenvalue weighted by atomic mass is 9.99. The van der Waals surface area contributed by atoms with Crippen LogP contribution in [0.3, 0.4) is 0 Å². The molecule has 16 heavy (non-hydrogen) atoms. The fourth-order valence-electron chi connectivity index (χ4n) is 1.24. The summed E-state index contributed by atoms with van der Waals surface area (Å²) in [7, 11) is 0. The van der Waals surface area contributed by atoms with Crippen molar-refractivity contribution in [2.24, 2.45) is 5.73 Å². The molecular formula is C10H10F2N2O2. The summed E-state index contributed by atoms with van der Waals surface area (Å²) in [5, 5.41) is 27.5. The average Bonchev–Trinajstić information content (AvgIpc) is 2.30. The van der Waals surface area contributed by atoms with Crippen LogP contribution in [0.25, 0.3) is 0 Å². The number of nitrogens with zero attached hydrogens (tertiary/aromatic N) is 1. The molecule has 4 N–H and O–H groups in total. The minimum absolute atomic E-state index is 0.181. The maximum absolute atomic E-state index is 12.9. The third-order valence-corrected chi connectivity index (χ3v) is 2.14. The SMILES string of the molecule is N#Cc1cc(F)c(F)cc1C(O)C(O)CN. The number of nitriles is 1. The first-order chi connectivity index (χ1) is 7.51. The Morgan fingerprint density at radius 3 is 2.38 bits per heavy atom. The molecule has 4 nitrogen and oxygen atoms in total. The van der Waals surface area contributed by atoms with Gasteiger partial charge in [-0.05, 0) is 12.1 Å². The van der Waals surface area contributed by atoms with Crippen LogP contribution in [0.2, 0.25) is 0 Å². The first-order valence-electron chi connectivity index (χ1n) is 4.46. The second kappa shape index (κ2) is 4.99. The third-order valence-electron chi connectivity index (χ3n) is 2.14. The summed E-state index contributed by atoms with van der Waals surface area (Å²) in [6, 6.07) is 2.95. The summed E-state index contributed by atoms with van der Waals surface area (Å²) in [6.07, 6.45) is -2.85. The van der Waals surface area contributed by atoms with Crippen LogP contribution in [-0.4, -0.2) is 22.9 Å². The van der Waals surface area contributed by atoms with Crippen LogP contribution in [0, 0.1) is 23.0 Å². The zero-order chi connectivity index (χ0) is 12.3. The number of aliphatic hydroxyl groups is 2. The predicted octanol–water partition coefficient (Wildman–Crippen LogP) is 0.189. The third kappa shape index (κ3) is 2.33. The van der Waals surface area contributed by atoms with Crippen LogP contribution in [0.5, 0.6) is 0 Å². The first kappa shape index (κ1) is 12.5. The van der Waals surface area contributed by atoms with Crippen molar-refractivity contribution < 1.29 is 19.0 Å². The predicted molar refractivity (Wildman–Crippen MR) is 51.1 cm³/mol. The van der Waals surface area contributed by atoms with E-state index in [0.717, 1.165) is 0 Å². The summed E-state index contributed by atoms with van der Waals surface area (Å²) in [4.78, 5) is 0. The minimum Gasteiger partial charge on any atom is -0.389 e. The van der Waals surface area contributed by atoms with Crippen molar-refractivity contribution in [2.45, 2.75) is 12.2 Å². The molecule has 1 aromatic carbocycles. The van der Waals surface area contributed by atoms with Crippen molar-refractivity contribution >= 4 is 0 Å². The van der Waals surface area contributed by atoms with E-state index in [1.165, 1.54) is 0 Å². The molecule has 0 fully saturated rings. The molecule has 0 aliphatic heterocycles. The Morgan fingerprint density at radius 2 is 1.88 bits per heavy atom. The van der Waals surface area contributed by atoms with Gasteiger partial charge in [0.05, 0.1) is 17.7 Å². The molecule has 0 bridgehead atoms. The van der Waals surface area contributed by atoms with Crippen molar-refractivity contribution in [3.63, 3.8) is 0 Å². The van der Waals surface area contributed by atoms with Gasteiger partial charge in [-0.1, -0.05) is 0 Å². The monoisotopic (exact) mass is 228 g/mol. The van der Waals surface area contributed by atoms with Crippen molar-refractivity contribution in [2.75, 3.05) is 6.54 Å². The Labute approximate surface area is 90.5 Å². The molecule has 0 heterocycles. The van der Waals surface area contributed by atoms with Crippen LogP contribution >= 0.6 is 0 Å². The topological polar surface area (TPSA) is 90.3 Å². The molecule has 0 aromatic heterocycles. The van der Waals surface area contributed by atoms with Gasteiger partial charge in [0.2, 0.25) is 0 Å². The lowest BCUT2D eigenvalue weighted by Gasteiger charge is -2.17. The van der Waals surface area contributed by atoms with E-state index in [1.54, 1.807) is 6.07 Å². The van der Waals surface area contributed by atoms with E-state index >= 15 is 0 Å². The molecule has 1 rings (SSSR count). The Kier molecular flexibility index (Phi) is 3.90. The van der Waals surface area contributed by atoms with Gasteiger partial charge in [0.15, 0.2) is 11.6 Å². The molecule has 86 valence electrons. The lowest BCUT2D eigenvalue weighted by Crippen LogP contribution is -2.27. The van der Waals surface area contributed by atoms with E-state index in [2.05, 4.69) is 0 Å². The second-order valence-electron chi connectivity index (χ2n) is 3.21. The number of hydrogen-bond acceptors (Lipinski definition) is 4. The number of rotatable bonds is 3. The average molecular weight is 228 g/mol. The van der Waals surface area contributed by atoms with E-state index in [0.29, 0.717) is 12.1 Å². The van der Waals surface area contributed by atoms with Crippen molar-refractivity contribution in [1.29, 1.82) is 5.26 Å². The minimum atomic E-state index is -1.52. The van der Waals surface area contributed by atoms with Gasteiger partial charge < -0.3 is 15.9 Å². The van der Waals surface area contributed by atoms with E-state index in [-0.39, 0.29) is 17.7 Å². The molecular weight excluding hydrogens is 218 g/mol. The molecule has 0 aliphatic rings. The van der Waals surface area contributed by atoms with E-state index in [9.17, 15) is 19.0 Å². The Bertz CT molecular complexity index is 432. The fourth-order valence-corrected chi connectivity index (χ4v) is 1.24. The summed E-state index contributed by atoms with van der Waals surface area (Å²) in [5.41, 5.74) is 4.69. The highest BCUT2D eigenvalue weighted by Crippen LogP contribution is 2.23. The van der Waals surface area contributed by atoms with Gasteiger partial charge in [0.1, 0.15) is 6.10 Å². The highest BCUT2D eigenvalue weighted by Gasteiger charge is 2.22. The number of halogens is 2. The lowest BCUT2D eigenvalue weighted by molar-refractivity contribution is 0.0239. The van der Waals surface area contributed by atoms with E-state index < -0.39 is 23.8 Å². The largest absolute Gasteiger partial charge is 0.389 e. The van der Waals surface area contributed by atoms with Gasteiger partial charge in [-0.25, -0.2) is 8.78 Å². The molecule has 0 radical (unpaired) electrons. The molecule has 0 spiro atoms. The van der Waals surface area contributed by atoms with Crippen LogP contribution in [0.15, 0.2) is 12.1 Å². The zero-order valence-electron chi connectivity index (χ0n) is 8.19. The Morgan fingerprint density at radius 1 is 1.31 bits per heavy atom. The molecule has 2 unspecified atom stereocenters. The maximum atomic E-state index is 12.9. The van der Waals surface area contributed by atoms with Gasteiger partial charge in [-0.2, -0.15) is 5.26 Å². The highest BCUT2D eigenvalue weighted by molar-refractivity contribution is 5.40. The highest BCUT2D eigenvalue weighted by atomic mass is 19.2. The number of hydrogen-bond donors (Lipinski definition) is 3. The quantitative estimate of drug-likeness (QED) is 0.688. The number of nitrogens with two attached hydrogens (primary N) is 1. The van der Waals surface area contributed by atoms with Crippen LogP contribution in [0.1, 0.15) is 17.2 Å². The van der Waals surface area contributed by atoms with E-state index in [1.807, 2.05) is 0 Å². The standard InChI is InChI=1S/C10H10F2N2O2/c11-7-1-5(3-13)6(2-8(7)12)10(16)9(15)4-14/h1-2,9-10,15-16H,4,14H2. The van der Waals surface area contributed by atoms with Crippen molar-refractivity contribution in [3.05, 3.63) is 34.9 Å². The molecule has 0 aliphatic carbocycles. The van der Waals surface area contributed by atoms with Gasteiger partial charge in [0, 0.05) is 12.1 Å². The smallest absolute Gasteiger partial charge is 0.160 e. The molecule has 2 atom stereocenters. The molecule has 6 heteroatoms. The second-order valence-corrected chi connectivity index (χ2v) is 3.21. The van der Waals surface area contributed by atoms with E-state index in [4.69, 9.17) is 11.0 Å². The summed E-state index contributed by atoms with van der Waals surface area (Å²) >= 11 is 0. The Balaban J connectivity index is 3.23. The van der Waals surface area contributed by atoms with Crippen molar-refractivity contribution in [3.8, 4) is 6.07 Å². The molecule has 0 saturated carbocycles. The van der Waals surface area contributed by atoms with Crippen molar-refractivity contribution in [1.82, 2.24) is 0 Å². The normalized spacial score (nSPS) is 14.2. The fraction of sp³-hybridized carbons (Fsp3) is 0.300. The summed E-state index contributed by atoms with van der Waals surface area (Å²) in [6.45, 7) is -0.259. The van der Waals surface area contributed by atoms with Gasteiger partial charge in [-0.15, -0.1) is 0 Å². The molecule has 1 aromatic rings. The summed E-state index contributed by atoms with van der Waals surface area (Å²) in [5.74, 6) is -2.38. The Hall–Kier alpha value is -1.55. The first-order valence-corrected chi connectivity index (χ1v) is 4.46. The van der Waals surface area contributed by atoms with Crippen LogP contribution in [0.4, 0.5) is 8.78 Å². The van der Waals surface area contributed by atoms with Gasteiger partial charge in [0.25, 0.3) is 0 Å². The summed E-state index contributed by atoms with van der Waals surface area (Å²) < 4.78 is 25.7. The molecule has 0 amide bonds.